The standard InChI is InChI=1S/C23H15F8N3OS.C2H6/c24-15-6-7-18(17(25)11-15)33-20(35)19(12-4-2-1-3-5-12)34-21(36)32-16-9-13(22(26,27)28)8-14(10-16)23(29,30)31;1-2/h1-11,19H,(H,33,35)(H2,32,34,36);1-2H3. The SMILES string of the molecule is CC.O=C(Nc1ccc(F)cc1F)C(NC(=S)Nc1cc(C(F)(F)F)cc(C(F)(F)F)c1)c1ccccc1. The van der Waals surface area contributed by atoms with Gasteiger partial charge in [-0.3, -0.25) is 4.79 Å². The minimum absolute atomic E-state index is 0.0425. The van der Waals surface area contributed by atoms with Crippen LogP contribution in [0.15, 0.2) is 66.7 Å². The van der Waals surface area contributed by atoms with Crippen LogP contribution in [0.3, 0.4) is 0 Å². The number of halogens is 8. The van der Waals surface area contributed by atoms with Gasteiger partial charge in [-0.25, -0.2) is 8.78 Å². The van der Waals surface area contributed by atoms with E-state index in [1.165, 1.54) is 12.1 Å². The number of carbonyl (C=O) groups is 1. The first-order chi connectivity index (χ1) is 17.7. The van der Waals surface area contributed by atoms with Crippen LogP contribution in [0.5, 0.6) is 0 Å². The highest BCUT2D eigenvalue weighted by Gasteiger charge is 2.37. The summed E-state index contributed by atoms with van der Waals surface area (Å²) in [6.45, 7) is 4.00. The zero-order valence-electron chi connectivity index (χ0n) is 19.8. The predicted molar refractivity (Wildman–Crippen MR) is 131 cm³/mol. The monoisotopic (exact) mass is 563 g/mol. The van der Waals surface area contributed by atoms with E-state index >= 15 is 0 Å². The first kappa shape index (κ1) is 30.5. The molecule has 1 amide bonds. The molecule has 0 aliphatic heterocycles. The number of thiocarbonyl (C=S) groups is 1. The van der Waals surface area contributed by atoms with Crippen molar-refractivity contribution in [2.45, 2.75) is 32.2 Å². The molecule has 0 saturated carbocycles. The topological polar surface area (TPSA) is 53.2 Å². The number of hydrogen-bond donors (Lipinski definition) is 3. The Morgan fingerprint density at radius 1 is 0.789 bits per heavy atom. The molecule has 3 aromatic rings. The Morgan fingerprint density at radius 2 is 1.34 bits per heavy atom. The van der Waals surface area contributed by atoms with Crippen LogP contribution in [0.4, 0.5) is 46.5 Å². The van der Waals surface area contributed by atoms with Crippen molar-refractivity contribution in [3.05, 3.63) is 95.1 Å². The summed E-state index contributed by atoms with van der Waals surface area (Å²) in [4.78, 5) is 12.9. The second-order valence-corrected chi connectivity index (χ2v) is 7.76. The number of alkyl halides is 6. The summed E-state index contributed by atoms with van der Waals surface area (Å²) in [5.41, 5.74) is -3.85. The maximum absolute atomic E-state index is 14.0. The maximum atomic E-state index is 14.0. The zero-order valence-corrected chi connectivity index (χ0v) is 20.6. The number of hydrogen-bond acceptors (Lipinski definition) is 2. The molecule has 38 heavy (non-hydrogen) atoms. The average molecular weight is 564 g/mol. The molecule has 0 bridgehead atoms. The van der Waals surface area contributed by atoms with Gasteiger partial charge in [-0.1, -0.05) is 44.2 Å². The number of anilines is 2. The Morgan fingerprint density at radius 3 is 1.84 bits per heavy atom. The van der Waals surface area contributed by atoms with E-state index in [0.717, 1.165) is 12.1 Å². The number of benzene rings is 3. The molecule has 0 fully saturated rings. The largest absolute Gasteiger partial charge is 0.416 e. The average Bonchev–Trinajstić information content (AvgIpc) is 2.84. The van der Waals surface area contributed by atoms with Crippen LogP contribution in [-0.2, 0) is 17.1 Å². The van der Waals surface area contributed by atoms with Crippen molar-refractivity contribution in [2.24, 2.45) is 0 Å². The van der Waals surface area contributed by atoms with Crippen LogP contribution >= 0.6 is 12.2 Å². The van der Waals surface area contributed by atoms with E-state index < -0.39 is 57.9 Å². The highest BCUT2D eigenvalue weighted by atomic mass is 32.1. The number of rotatable bonds is 5. The molecule has 13 heteroatoms. The summed E-state index contributed by atoms with van der Waals surface area (Å²) in [6.07, 6.45) is -10.1. The fourth-order valence-corrected chi connectivity index (χ4v) is 3.30. The maximum Gasteiger partial charge on any atom is 0.416 e. The first-order valence-corrected chi connectivity index (χ1v) is 11.3. The van der Waals surface area contributed by atoms with Crippen LogP contribution in [0.25, 0.3) is 0 Å². The van der Waals surface area contributed by atoms with E-state index in [9.17, 15) is 39.9 Å². The molecule has 0 aliphatic carbocycles. The van der Waals surface area contributed by atoms with E-state index in [0.29, 0.717) is 18.2 Å². The van der Waals surface area contributed by atoms with Crippen LogP contribution in [-0.4, -0.2) is 11.0 Å². The van der Waals surface area contributed by atoms with E-state index in [4.69, 9.17) is 12.2 Å². The second kappa shape index (κ2) is 12.7. The minimum atomic E-state index is -5.07. The normalized spacial score (nSPS) is 12.1. The second-order valence-electron chi connectivity index (χ2n) is 7.35. The quantitative estimate of drug-likeness (QED) is 0.220. The third-order valence-corrected chi connectivity index (χ3v) is 4.92. The first-order valence-electron chi connectivity index (χ1n) is 10.9. The lowest BCUT2D eigenvalue weighted by Crippen LogP contribution is -2.39. The highest BCUT2D eigenvalue weighted by molar-refractivity contribution is 7.80. The molecule has 0 radical (unpaired) electrons. The van der Waals surface area contributed by atoms with E-state index in [1.54, 1.807) is 18.2 Å². The summed E-state index contributed by atoms with van der Waals surface area (Å²) in [5, 5.41) is 6.46. The Labute approximate surface area is 218 Å². The molecule has 3 aromatic carbocycles. The van der Waals surface area contributed by atoms with Gasteiger partial charge in [0.25, 0.3) is 5.91 Å². The van der Waals surface area contributed by atoms with Gasteiger partial charge in [-0.15, -0.1) is 0 Å². The van der Waals surface area contributed by atoms with E-state index in [2.05, 4.69) is 16.0 Å². The van der Waals surface area contributed by atoms with Crippen molar-refractivity contribution in [1.29, 1.82) is 0 Å². The predicted octanol–water partition coefficient (Wildman–Crippen LogP) is 7.70. The Kier molecular flexibility index (Phi) is 10.2. The van der Waals surface area contributed by atoms with Crippen LogP contribution in [0.2, 0.25) is 0 Å². The van der Waals surface area contributed by atoms with Gasteiger partial charge in [0.15, 0.2) is 5.11 Å². The molecule has 0 heterocycles. The third kappa shape index (κ3) is 8.40. The van der Waals surface area contributed by atoms with Crippen molar-refractivity contribution in [3.8, 4) is 0 Å². The van der Waals surface area contributed by atoms with Gasteiger partial charge >= 0.3 is 12.4 Å². The Balaban J connectivity index is 0.00000247. The summed E-state index contributed by atoms with van der Waals surface area (Å²) >= 11 is 5.02. The fourth-order valence-electron chi connectivity index (χ4n) is 3.07. The van der Waals surface area contributed by atoms with Gasteiger partial charge < -0.3 is 16.0 Å². The van der Waals surface area contributed by atoms with Crippen molar-refractivity contribution in [1.82, 2.24) is 5.32 Å². The van der Waals surface area contributed by atoms with E-state index in [-0.39, 0.29) is 17.3 Å². The molecule has 0 saturated heterocycles. The number of amides is 1. The van der Waals surface area contributed by atoms with Crippen molar-refractivity contribution in [2.75, 3.05) is 10.6 Å². The molecule has 1 atom stereocenters. The van der Waals surface area contributed by atoms with Gasteiger partial charge in [0, 0.05) is 11.8 Å². The fraction of sp³-hybridized carbons (Fsp3) is 0.200. The third-order valence-electron chi connectivity index (χ3n) is 4.71. The van der Waals surface area contributed by atoms with Crippen LogP contribution in [0, 0.1) is 11.6 Å². The summed E-state index contributed by atoms with van der Waals surface area (Å²) in [6, 6.07) is 9.55. The molecule has 0 aromatic heterocycles. The molecule has 0 spiro atoms. The van der Waals surface area contributed by atoms with Gasteiger partial charge in [-0.05, 0) is 48.1 Å². The molecular weight excluding hydrogens is 542 g/mol. The van der Waals surface area contributed by atoms with Crippen molar-refractivity contribution < 1.29 is 39.9 Å². The molecular formula is C25H21F8N3OS. The Bertz CT molecular complexity index is 1230. The number of nitrogens with one attached hydrogen (secondary N) is 3. The van der Waals surface area contributed by atoms with Crippen molar-refractivity contribution >= 4 is 34.6 Å². The molecule has 1 unspecified atom stereocenters. The van der Waals surface area contributed by atoms with Gasteiger partial charge in [0.1, 0.15) is 17.7 Å². The van der Waals surface area contributed by atoms with Crippen LogP contribution < -0.4 is 16.0 Å². The van der Waals surface area contributed by atoms with E-state index in [1.807, 2.05) is 13.8 Å². The number of carbonyl (C=O) groups excluding carboxylic acids is 1. The summed E-state index contributed by atoms with van der Waals surface area (Å²) in [5.74, 6) is -2.84. The van der Waals surface area contributed by atoms with Crippen molar-refractivity contribution in [3.63, 3.8) is 0 Å². The molecule has 4 nitrogen and oxygen atoms in total. The summed E-state index contributed by atoms with van der Waals surface area (Å²) in [7, 11) is 0. The molecule has 204 valence electrons. The Hall–Kier alpha value is -3.74. The minimum Gasteiger partial charge on any atom is -0.347 e. The summed E-state index contributed by atoms with van der Waals surface area (Å²) < 4.78 is 106. The van der Waals surface area contributed by atoms with Crippen LogP contribution in [0.1, 0.15) is 36.6 Å². The lowest BCUT2D eigenvalue weighted by atomic mass is 10.1. The molecule has 3 rings (SSSR count). The molecule has 0 aliphatic rings. The zero-order chi connectivity index (χ0) is 28.7. The molecule has 3 N–H and O–H groups in total. The smallest absolute Gasteiger partial charge is 0.347 e. The van der Waals surface area contributed by atoms with Gasteiger partial charge in [-0.2, -0.15) is 26.3 Å². The lowest BCUT2D eigenvalue weighted by Gasteiger charge is -2.22. The van der Waals surface area contributed by atoms with Gasteiger partial charge in [0.05, 0.1) is 16.8 Å². The highest BCUT2D eigenvalue weighted by Crippen LogP contribution is 2.37. The lowest BCUT2D eigenvalue weighted by molar-refractivity contribution is -0.143. The van der Waals surface area contributed by atoms with Gasteiger partial charge in [0.2, 0.25) is 0 Å².